The number of thiocarbonyl (C=S) groups is 1. The van der Waals surface area contributed by atoms with Crippen LogP contribution in [-0.2, 0) is 12.4 Å². The van der Waals surface area contributed by atoms with Crippen molar-refractivity contribution in [3.8, 4) is 16.9 Å². The monoisotopic (exact) mass is 523 g/mol. The molecule has 0 unspecified atom stereocenters. The van der Waals surface area contributed by atoms with Gasteiger partial charge in [-0.1, -0.05) is 29.8 Å². The zero-order valence-electron chi connectivity index (χ0n) is 19.5. The largest absolute Gasteiger partial charge is 0.423 e. The summed E-state index contributed by atoms with van der Waals surface area (Å²) in [5.74, 6) is -2.04. The summed E-state index contributed by atoms with van der Waals surface area (Å²) in [4.78, 5) is 15.7. The van der Waals surface area contributed by atoms with E-state index in [2.05, 4.69) is 17.2 Å². The van der Waals surface area contributed by atoms with Crippen molar-refractivity contribution in [1.82, 2.24) is 0 Å². The number of halogens is 6. The number of carbonyl (C=O) groups excluding carboxylic acids is 1. The summed E-state index contributed by atoms with van der Waals surface area (Å²) >= 11 is 4.21. The van der Waals surface area contributed by atoms with Gasteiger partial charge in [0.05, 0.1) is 27.5 Å². The van der Waals surface area contributed by atoms with Crippen LogP contribution in [0.5, 0.6) is 5.75 Å². The van der Waals surface area contributed by atoms with Crippen LogP contribution in [0.15, 0.2) is 47.5 Å². The minimum absolute atomic E-state index is 0.00993. The Hall–Kier alpha value is -3.49. The molecule has 3 rings (SSSR count). The van der Waals surface area contributed by atoms with Crippen molar-refractivity contribution < 1.29 is 35.9 Å². The molecule has 0 heterocycles. The molecule has 10 heteroatoms. The fourth-order valence-electron chi connectivity index (χ4n) is 4.11. The van der Waals surface area contributed by atoms with Gasteiger partial charge in [0, 0.05) is 0 Å². The first kappa shape index (κ1) is 27.1. The quantitative estimate of drug-likeness (QED) is 0.113. The zero-order valence-corrected chi connectivity index (χ0v) is 20.3. The van der Waals surface area contributed by atoms with Gasteiger partial charge in [-0.3, -0.25) is 0 Å². The number of carbonyl (C=O) groups is 1. The molecular weight excluding hydrogens is 504 g/mol. The maximum atomic E-state index is 13.5. The van der Waals surface area contributed by atoms with Crippen LogP contribution in [0.1, 0.15) is 43.7 Å². The van der Waals surface area contributed by atoms with Crippen molar-refractivity contribution >= 4 is 29.0 Å². The number of nitrogens with zero attached hydrogens (tertiary/aromatic N) is 1. The molecule has 0 bridgehead atoms. The summed E-state index contributed by atoms with van der Waals surface area (Å²) in [5, 5.41) is 1.53. The topological polar surface area (TPSA) is 38.7 Å². The molecule has 0 atom stereocenters. The van der Waals surface area contributed by atoms with Crippen molar-refractivity contribution in [2.24, 2.45) is 4.99 Å². The highest BCUT2D eigenvalue weighted by atomic mass is 32.1. The van der Waals surface area contributed by atoms with Gasteiger partial charge in [-0.15, -0.1) is 0 Å². The van der Waals surface area contributed by atoms with E-state index < -0.39 is 40.9 Å². The molecule has 0 aromatic heterocycles. The molecule has 0 aliphatic heterocycles. The van der Waals surface area contributed by atoms with Gasteiger partial charge >= 0.3 is 18.3 Å². The predicted octanol–water partition coefficient (Wildman–Crippen LogP) is 8.58. The number of esters is 1. The lowest BCUT2D eigenvalue weighted by Gasteiger charge is -2.17. The molecule has 0 radical (unpaired) electrons. The zero-order chi connectivity index (χ0) is 27.0. The Bertz CT molecular complexity index is 1340. The van der Waals surface area contributed by atoms with Crippen molar-refractivity contribution in [1.29, 1.82) is 0 Å². The molecule has 0 amide bonds. The second-order valence-electron chi connectivity index (χ2n) is 8.26. The normalized spacial score (nSPS) is 11.7. The number of isothiocyanates is 1. The highest BCUT2D eigenvalue weighted by Crippen LogP contribution is 2.46. The third-order valence-corrected chi connectivity index (χ3v) is 5.57. The van der Waals surface area contributed by atoms with Crippen LogP contribution in [0.25, 0.3) is 11.1 Å². The van der Waals surface area contributed by atoms with Gasteiger partial charge in [0.2, 0.25) is 0 Å². The number of alkyl halides is 6. The van der Waals surface area contributed by atoms with Crippen molar-refractivity contribution in [3.63, 3.8) is 0 Å². The van der Waals surface area contributed by atoms with Gasteiger partial charge in [-0.05, 0) is 85.9 Å². The van der Waals surface area contributed by atoms with Crippen LogP contribution in [0, 0.1) is 27.7 Å². The molecule has 0 fully saturated rings. The fourth-order valence-corrected chi connectivity index (χ4v) is 4.20. The minimum Gasteiger partial charge on any atom is -0.423 e. The lowest BCUT2D eigenvalue weighted by atomic mass is 9.92. The Balaban J connectivity index is 2.05. The number of hydrogen-bond acceptors (Lipinski definition) is 4. The first-order chi connectivity index (χ1) is 16.6. The summed E-state index contributed by atoms with van der Waals surface area (Å²) in [7, 11) is 0. The van der Waals surface area contributed by atoms with Gasteiger partial charge in [-0.2, -0.15) is 31.3 Å². The molecule has 0 aliphatic carbocycles. The van der Waals surface area contributed by atoms with E-state index in [0.717, 1.165) is 27.8 Å². The van der Waals surface area contributed by atoms with E-state index in [0.29, 0.717) is 5.56 Å². The second kappa shape index (κ2) is 9.87. The van der Waals surface area contributed by atoms with Crippen molar-refractivity contribution in [2.45, 2.75) is 40.0 Å². The first-order valence-corrected chi connectivity index (χ1v) is 10.9. The Morgan fingerprint density at radius 2 is 1.36 bits per heavy atom. The predicted molar refractivity (Wildman–Crippen MR) is 127 cm³/mol. The van der Waals surface area contributed by atoms with Crippen LogP contribution >= 0.6 is 12.2 Å². The highest BCUT2D eigenvalue weighted by Gasteiger charge is 2.42. The molecule has 188 valence electrons. The summed E-state index contributed by atoms with van der Waals surface area (Å²) in [6, 6.07) is 9.35. The smallest absolute Gasteiger partial charge is 0.418 e. The lowest BCUT2D eigenvalue weighted by molar-refractivity contribution is -0.142. The Morgan fingerprint density at radius 1 is 0.833 bits per heavy atom. The molecule has 0 spiro atoms. The molecule has 3 aromatic rings. The van der Waals surface area contributed by atoms with E-state index >= 15 is 0 Å². The van der Waals surface area contributed by atoms with Gasteiger partial charge < -0.3 is 4.74 Å². The van der Waals surface area contributed by atoms with E-state index in [1.165, 1.54) is 11.2 Å². The molecule has 0 saturated heterocycles. The minimum atomic E-state index is -5.23. The number of aryl methyl sites for hydroxylation is 4. The van der Waals surface area contributed by atoms with Gasteiger partial charge in [0.1, 0.15) is 5.75 Å². The molecule has 36 heavy (non-hydrogen) atoms. The molecule has 0 aliphatic rings. The number of hydrogen-bond donors (Lipinski definition) is 0. The van der Waals surface area contributed by atoms with E-state index in [4.69, 9.17) is 4.74 Å². The first-order valence-electron chi connectivity index (χ1n) is 10.4. The molecular formula is C26H19F6NO2S. The third kappa shape index (κ3) is 5.66. The van der Waals surface area contributed by atoms with Gasteiger partial charge in [-0.25, -0.2) is 4.79 Å². The number of ether oxygens (including phenoxy) is 1. The maximum Gasteiger partial charge on any atom is 0.418 e. The van der Waals surface area contributed by atoms with E-state index in [1.807, 2.05) is 32.9 Å². The molecule has 3 aromatic carbocycles. The van der Waals surface area contributed by atoms with Gasteiger partial charge in [0.25, 0.3) is 0 Å². The Morgan fingerprint density at radius 3 is 1.81 bits per heavy atom. The van der Waals surface area contributed by atoms with Crippen LogP contribution in [0.2, 0.25) is 0 Å². The standard InChI is InChI=1S/C26H19F6NO2S/c1-13-7-15(3)22(16(4)8-13)17-5-6-19(14(2)9-17)24(34)35-18-10-20(25(27,28)29)23(33-12-36)21(11-18)26(30,31)32/h5-11H,1-4H3. The fraction of sp³-hybridized carbons (Fsp3) is 0.231. The van der Waals surface area contributed by atoms with Crippen LogP contribution in [0.3, 0.4) is 0 Å². The Labute approximate surface area is 208 Å². The van der Waals surface area contributed by atoms with E-state index in [-0.39, 0.29) is 17.7 Å². The number of rotatable bonds is 4. The number of aliphatic imine (C=N–C) groups is 1. The Kier molecular flexibility index (Phi) is 7.43. The lowest BCUT2D eigenvalue weighted by Crippen LogP contribution is -2.15. The second-order valence-corrected chi connectivity index (χ2v) is 8.44. The van der Waals surface area contributed by atoms with Crippen molar-refractivity contribution in [2.75, 3.05) is 0 Å². The van der Waals surface area contributed by atoms with Crippen molar-refractivity contribution in [3.05, 3.63) is 81.4 Å². The van der Waals surface area contributed by atoms with Crippen LogP contribution in [-0.4, -0.2) is 11.1 Å². The molecule has 0 saturated carbocycles. The van der Waals surface area contributed by atoms with Crippen LogP contribution in [0.4, 0.5) is 32.0 Å². The summed E-state index contributed by atoms with van der Waals surface area (Å²) in [6.45, 7) is 7.46. The average Bonchev–Trinajstić information content (AvgIpc) is 2.72. The van der Waals surface area contributed by atoms with Crippen LogP contribution < -0.4 is 4.74 Å². The summed E-state index contributed by atoms with van der Waals surface area (Å²) < 4.78 is 86.0. The van der Waals surface area contributed by atoms with Gasteiger partial charge in [0.15, 0.2) is 0 Å². The third-order valence-electron chi connectivity index (χ3n) is 5.47. The molecule has 3 nitrogen and oxygen atoms in total. The SMILES string of the molecule is Cc1cc(C)c(-c2ccc(C(=O)Oc3cc(C(F)(F)F)c(N=C=S)c(C(F)(F)F)c3)c(C)c2)c(C)c1. The van der Waals surface area contributed by atoms with E-state index in [1.54, 1.807) is 19.1 Å². The summed E-state index contributed by atoms with van der Waals surface area (Å²) in [5.41, 5.74) is 0.350. The maximum absolute atomic E-state index is 13.5. The summed E-state index contributed by atoms with van der Waals surface area (Å²) in [6.07, 6.45) is -10.5. The molecule has 0 N–H and O–H groups in total. The number of benzene rings is 3. The van der Waals surface area contributed by atoms with E-state index in [9.17, 15) is 31.1 Å². The average molecular weight is 523 g/mol. The highest BCUT2D eigenvalue weighted by molar-refractivity contribution is 7.78.